The van der Waals surface area contributed by atoms with Crippen molar-refractivity contribution < 1.29 is 4.74 Å². The van der Waals surface area contributed by atoms with Crippen LogP contribution in [0.15, 0.2) is 12.1 Å². The summed E-state index contributed by atoms with van der Waals surface area (Å²) >= 11 is 0. The van der Waals surface area contributed by atoms with Crippen LogP contribution in [0, 0.1) is 12.8 Å². The molecule has 0 amide bonds. The topological polar surface area (TPSA) is 34.1 Å². The molecule has 0 spiro atoms. The minimum absolute atomic E-state index is 0.842. The highest BCUT2D eigenvalue weighted by Crippen LogP contribution is 2.27. The molecule has 1 N–H and O–H groups in total. The molecule has 0 bridgehead atoms. The molecule has 1 heterocycles. The monoisotopic (exact) mass is 206 g/mol. The first-order chi connectivity index (χ1) is 7.28. The maximum Gasteiger partial charge on any atom is 0.122 e. The number of rotatable bonds is 5. The number of pyridine rings is 1. The Labute approximate surface area is 90.9 Å². The first-order valence-corrected chi connectivity index (χ1v) is 5.50. The van der Waals surface area contributed by atoms with Gasteiger partial charge in [0.05, 0.1) is 12.8 Å². The Morgan fingerprint density at radius 2 is 2.27 bits per heavy atom. The molecular formula is C12H18N2O. The molecule has 0 aromatic carbocycles. The third-order valence-corrected chi connectivity index (χ3v) is 2.65. The van der Waals surface area contributed by atoms with Gasteiger partial charge < -0.3 is 10.1 Å². The molecule has 0 unspecified atom stereocenters. The number of nitrogens with zero attached hydrogens (tertiary/aromatic N) is 1. The van der Waals surface area contributed by atoms with Gasteiger partial charge in [0.15, 0.2) is 0 Å². The van der Waals surface area contributed by atoms with Crippen molar-refractivity contribution >= 4 is 0 Å². The minimum Gasteiger partial charge on any atom is -0.497 e. The van der Waals surface area contributed by atoms with Crippen LogP contribution in [-0.4, -0.2) is 18.6 Å². The number of aromatic nitrogens is 1. The molecule has 1 aliphatic rings. The van der Waals surface area contributed by atoms with E-state index in [1.807, 2.05) is 19.1 Å². The van der Waals surface area contributed by atoms with Gasteiger partial charge in [0.1, 0.15) is 5.75 Å². The van der Waals surface area contributed by atoms with Crippen LogP contribution in [0.5, 0.6) is 5.75 Å². The molecule has 1 aliphatic carbocycles. The molecule has 0 atom stereocenters. The molecule has 0 aliphatic heterocycles. The van der Waals surface area contributed by atoms with E-state index in [0.717, 1.165) is 36.1 Å². The lowest BCUT2D eigenvalue weighted by Gasteiger charge is -2.06. The lowest BCUT2D eigenvalue weighted by molar-refractivity contribution is 0.412. The van der Waals surface area contributed by atoms with Crippen molar-refractivity contribution in [1.82, 2.24) is 10.3 Å². The van der Waals surface area contributed by atoms with Crippen molar-refractivity contribution in [3.05, 3.63) is 23.5 Å². The summed E-state index contributed by atoms with van der Waals surface area (Å²) in [7, 11) is 1.69. The highest BCUT2D eigenvalue weighted by atomic mass is 16.5. The highest BCUT2D eigenvalue weighted by Gasteiger charge is 2.20. The second-order valence-electron chi connectivity index (χ2n) is 4.21. The fourth-order valence-electron chi connectivity index (χ4n) is 1.64. The van der Waals surface area contributed by atoms with Gasteiger partial charge in [0, 0.05) is 24.4 Å². The predicted molar refractivity (Wildman–Crippen MR) is 60.0 cm³/mol. The van der Waals surface area contributed by atoms with Gasteiger partial charge in [-0.15, -0.1) is 0 Å². The summed E-state index contributed by atoms with van der Waals surface area (Å²) < 4.78 is 5.21. The number of methoxy groups -OCH3 is 1. The minimum atomic E-state index is 0.842. The van der Waals surface area contributed by atoms with Crippen LogP contribution in [0.25, 0.3) is 0 Å². The summed E-state index contributed by atoms with van der Waals surface area (Å²) in [5.74, 6) is 1.81. The number of aryl methyl sites for hydroxylation is 1. The Morgan fingerprint density at radius 3 is 2.93 bits per heavy atom. The van der Waals surface area contributed by atoms with Gasteiger partial charge in [-0.2, -0.15) is 0 Å². The van der Waals surface area contributed by atoms with Gasteiger partial charge in [-0.25, -0.2) is 0 Å². The molecule has 2 rings (SSSR count). The third kappa shape index (κ3) is 3.20. The molecule has 0 saturated heterocycles. The van der Waals surface area contributed by atoms with Crippen molar-refractivity contribution in [1.29, 1.82) is 0 Å². The second kappa shape index (κ2) is 4.62. The second-order valence-corrected chi connectivity index (χ2v) is 4.21. The fourth-order valence-corrected chi connectivity index (χ4v) is 1.64. The van der Waals surface area contributed by atoms with Crippen molar-refractivity contribution in [3.8, 4) is 5.75 Å². The van der Waals surface area contributed by atoms with E-state index >= 15 is 0 Å². The normalized spacial score (nSPS) is 15.3. The van der Waals surface area contributed by atoms with Crippen molar-refractivity contribution in [2.75, 3.05) is 13.7 Å². The van der Waals surface area contributed by atoms with Crippen LogP contribution in [0.2, 0.25) is 0 Å². The van der Waals surface area contributed by atoms with Gasteiger partial charge in [-0.05, 0) is 32.2 Å². The van der Waals surface area contributed by atoms with E-state index in [4.69, 9.17) is 4.74 Å². The first-order valence-electron chi connectivity index (χ1n) is 5.50. The van der Waals surface area contributed by atoms with Crippen LogP contribution in [0.1, 0.15) is 24.2 Å². The van der Waals surface area contributed by atoms with E-state index in [0.29, 0.717) is 0 Å². The molecule has 1 fully saturated rings. The van der Waals surface area contributed by atoms with Crippen LogP contribution >= 0.6 is 0 Å². The fraction of sp³-hybridized carbons (Fsp3) is 0.583. The van der Waals surface area contributed by atoms with Gasteiger partial charge >= 0.3 is 0 Å². The maximum atomic E-state index is 5.21. The average molecular weight is 206 g/mol. The number of hydrogen-bond donors (Lipinski definition) is 1. The van der Waals surface area contributed by atoms with Gasteiger partial charge in [-0.1, -0.05) is 0 Å². The van der Waals surface area contributed by atoms with Crippen LogP contribution < -0.4 is 10.1 Å². The first kappa shape index (κ1) is 10.4. The summed E-state index contributed by atoms with van der Waals surface area (Å²) in [6.07, 6.45) is 2.77. The quantitative estimate of drug-likeness (QED) is 0.799. The van der Waals surface area contributed by atoms with Gasteiger partial charge in [0.2, 0.25) is 0 Å². The molecule has 1 aromatic rings. The molecule has 3 nitrogen and oxygen atoms in total. The van der Waals surface area contributed by atoms with Gasteiger partial charge in [-0.3, -0.25) is 4.98 Å². The lowest BCUT2D eigenvalue weighted by atomic mass is 10.3. The molecule has 0 radical (unpaired) electrons. The number of hydrogen-bond acceptors (Lipinski definition) is 3. The van der Waals surface area contributed by atoms with E-state index in [-0.39, 0.29) is 0 Å². The number of nitrogens with one attached hydrogen (secondary N) is 1. The predicted octanol–water partition coefficient (Wildman–Crippen LogP) is 1.90. The summed E-state index contributed by atoms with van der Waals surface area (Å²) in [5.41, 5.74) is 2.07. The molecule has 3 heteroatoms. The average Bonchev–Trinajstić information content (AvgIpc) is 3.01. The Morgan fingerprint density at radius 1 is 1.47 bits per heavy atom. The Hall–Kier alpha value is -1.09. The Bertz CT molecular complexity index is 334. The zero-order valence-corrected chi connectivity index (χ0v) is 9.42. The number of ether oxygens (including phenoxy) is 1. The lowest BCUT2D eigenvalue weighted by Crippen LogP contribution is -2.17. The SMILES string of the molecule is COc1cc(C)nc(CNCC2CC2)c1. The smallest absolute Gasteiger partial charge is 0.122 e. The van der Waals surface area contributed by atoms with Crippen molar-refractivity contribution in [3.63, 3.8) is 0 Å². The van der Waals surface area contributed by atoms with Crippen molar-refractivity contribution in [2.45, 2.75) is 26.3 Å². The zero-order chi connectivity index (χ0) is 10.7. The van der Waals surface area contributed by atoms with E-state index in [2.05, 4.69) is 10.3 Å². The molecule has 1 aromatic heterocycles. The van der Waals surface area contributed by atoms with E-state index in [1.54, 1.807) is 7.11 Å². The van der Waals surface area contributed by atoms with E-state index in [1.165, 1.54) is 12.8 Å². The zero-order valence-electron chi connectivity index (χ0n) is 9.42. The van der Waals surface area contributed by atoms with Gasteiger partial charge in [0.25, 0.3) is 0 Å². The van der Waals surface area contributed by atoms with Crippen LogP contribution in [-0.2, 0) is 6.54 Å². The molecular weight excluding hydrogens is 188 g/mol. The largest absolute Gasteiger partial charge is 0.497 e. The standard InChI is InChI=1S/C12H18N2O/c1-9-5-12(15-2)6-11(14-9)8-13-7-10-3-4-10/h5-6,10,13H,3-4,7-8H2,1-2H3. The van der Waals surface area contributed by atoms with Crippen molar-refractivity contribution in [2.24, 2.45) is 5.92 Å². The summed E-state index contributed by atoms with van der Waals surface area (Å²) in [6.45, 7) is 3.96. The van der Waals surface area contributed by atoms with E-state index in [9.17, 15) is 0 Å². The summed E-state index contributed by atoms with van der Waals surface area (Å²) in [5, 5.41) is 3.42. The molecule has 15 heavy (non-hydrogen) atoms. The third-order valence-electron chi connectivity index (χ3n) is 2.65. The van der Waals surface area contributed by atoms with Crippen LogP contribution in [0.4, 0.5) is 0 Å². The molecule has 82 valence electrons. The Kier molecular flexibility index (Phi) is 3.21. The maximum absolute atomic E-state index is 5.21. The molecule has 1 saturated carbocycles. The summed E-state index contributed by atoms with van der Waals surface area (Å²) in [6, 6.07) is 3.94. The highest BCUT2D eigenvalue weighted by molar-refractivity contribution is 5.26. The van der Waals surface area contributed by atoms with E-state index < -0.39 is 0 Å². The summed E-state index contributed by atoms with van der Waals surface area (Å²) in [4.78, 5) is 4.46. The Balaban J connectivity index is 1.90. The van der Waals surface area contributed by atoms with Crippen LogP contribution in [0.3, 0.4) is 0 Å².